The van der Waals surface area contributed by atoms with E-state index < -0.39 is 0 Å². The molecule has 3 nitrogen and oxygen atoms in total. The lowest BCUT2D eigenvalue weighted by Gasteiger charge is -2.35. The second kappa shape index (κ2) is 5.71. The molecule has 0 aromatic carbocycles. The smallest absolute Gasteiger partial charge is 0.236 e. The summed E-state index contributed by atoms with van der Waals surface area (Å²) >= 11 is 3.32. The fraction of sp³-hybridized carbons (Fsp3) is 0.900. The first-order valence-corrected chi connectivity index (χ1v) is 6.22. The van der Waals surface area contributed by atoms with Crippen molar-refractivity contribution < 1.29 is 4.79 Å². The fourth-order valence-electron chi connectivity index (χ4n) is 1.76. The molecule has 1 heterocycles. The summed E-state index contributed by atoms with van der Waals surface area (Å²) in [6.07, 6.45) is 1.20. The Labute approximate surface area is 94.6 Å². The molecule has 1 amide bonds. The molecular weight excluding hydrogens is 244 g/mol. The van der Waals surface area contributed by atoms with Crippen molar-refractivity contribution in [3.8, 4) is 0 Å². The van der Waals surface area contributed by atoms with Gasteiger partial charge in [0.15, 0.2) is 0 Å². The minimum atomic E-state index is -0.0415. The van der Waals surface area contributed by atoms with Crippen LogP contribution in [0.3, 0.4) is 0 Å². The van der Waals surface area contributed by atoms with Gasteiger partial charge in [-0.25, -0.2) is 0 Å². The van der Waals surface area contributed by atoms with Crippen molar-refractivity contribution in [2.75, 3.05) is 32.7 Å². The number of carbonyl (C=O) groups is 1. The summed E-state index contributed by atoms with van der Waals surface area (Å²) in [4.78, 5) is 16.0. The van der Waals surface area contributed by atoms with Crippen LogP contribution in [0.2, 0.25) is 0 Å². The normalized spacial score (nSPS) is 20.9. The topological polar surface area (TPSA) is 23.6 Å². The second-order valence-corrected chi connectivity index (χ2v) is 5.16. The first-order chi connectivity index (χ1) is 6.65. The zero-order valence-corrected chi connectivity index (χ0v) is 10.6. The number of rotatable bonds is 3. The molecule has 0 saturated carbocycles. The molecule has 0 aromatic heterocycles. The summed E-state index contributed by atoms with van der Waals surface area (Å²) in [7, 11) is 0. The quantitative estimate of drug-likeness (QED) is 0.717. The highest BCUT2D eigenvalue weighted by Crippen LogP contribution is 2.08. The van der Waals surface area contributed by atoms with E-state index in [9.17, 15) is 4.79 Å². The number of piperazine rings is 1. The van der Waals surface area contributed by atoms with E-state index in [0.717, 1.165) is 32.7 Å². The third kappa shape index (κ3) is 3.24. The first-order valence-electron chi connectivity index (χ1n) is 5.30. The maximum Gasteiger partial charge on any atom is 0.236 e. The van der Waals surface area contributed by atoms with Crippen molar-refractivity contribution in [1.82, 2.24) is 9.80 Å². The molecule has 1 aliphatic rings. The van der Waals surface area contributed by atoms with E-state index in [1.54, 1.807) is 0 Å². The fourth-order valence-corrected chi connectivity index (χ4v) is 2.05. The largest absolute Gasteiger partial charge is 0.339 e. The molecule has 1 aliphatic heterocycles. The average Bonchev–Trinajstić information content (AvgIpc) is 2.18. The van der Waals surface area contributed by atoms with E-state index in [0.29, 0.717) is 0 Å². The van der Waals surface area contributed by atoms with Crippen LogP contribution in [-0.2, 0) is 4.79 Å². The van der Waals surface area contributed by atoms with E-state index in [1.165, 1.54) is 6.42 Å². The number of halogens is 1. The van der Waals surface area contributed by atoms with Gasteiger partial charge in [0.2, 0.25) is 5.91 Å². The summed E-state index contributed by atoms with van der Waals surface area (Å²) in [5.41, 5.74) is 0. The molecule has 1 saturated heterocycles. The average molecular weight is 263 g/mol. The molecule has 1 rings (SSSR count). The Kier molecular flexibility index (Phi) is 4.89. The van der Waals surface area contributed by atoms with Gasteiger partial charge >= 0.3 is 0 Å². The third-order valence-corrected chi connectivity index (χ3v) is 2.96. The van der Waals surface area contributed by atoms with Crippen molar-refractivity contribution in [3.05, 3.63) is 0 Å². The van der Waals surface area contributed by atoms with Crippen LogP contribution >= 0.6 is 15.9 Å². The zero-order valence-electron chi connectivity index (χ0n) is 9.00. The molecule has 0 bridgehead atoms. The van der Waals surface area contributed by atoms with Crippen molar-refractivity contribution in [1.29, 1.82) is 0 Å². The molecule has 0 aliphatic carbocycles. The van der Waals surface area contributed by atoms with E-state index in [1.807, 2.05) is 11.8 Å². The van der Waals surface area contributed by atoms with Gasteiger partial charge in [0.05, 0.1) is 4.83 Å². The Morgan fingerprint density at radius 2 is 1.93 bits per heavy atom. The molecule has 1 unspecified atom stereocenters. The SMILES string of the molecule is CCCN1CCN(C(=O)C(C)Br)CC1. The predicted octanol–water partition coefficient (Wildman–Crippen LogP) is 1.32. The second-order valence-electron chi connectivity index (χ2n) is 3.78. The van der Waals surface area contributed by atoms with Gasteiger partial charge in [-0.05, 0) is 19.9 Å². The monoisotopic (exact) mass is 262 g/mol. The minimum absolute atomic E-state index is 0.0415. The van der Waals surface area contributed by atoms with Crippen LogP contribution in [-0.4, -0.2) is 53.3 Å². The predicted molar refractivity (Wildman–Crippen MR) is 61.7 cm³/mol. The molecule has 0 spiro atoms. The molecule has 4 heteroatoms. The first kappa shape index (κ1) is 12.0. The van der Waals surface area contributed by atoms with Gasteiger partial charge in [0.25, 0.3) is 0 Å². The molecule has 0 N–H and O–H groups in total. The maximum absolute atomic E-state index is 11.6. The van der Waals surface area contributed by atoms with Crippen molar-refractivity contribution in [3.63, 3.8) is 0 Å². The maximum atomic E-state index is 11.6. The molecule has 1 fully saturated rings. The van der Waals surface area contributed by atoms with Crippen LogP contribution in [0.15, 0.2) is 0 Å². The Morgan fingerprint density at radius 3 is 2.36 bits per heavy atom. The molecule has 82 valence electrons. The molecule has 1 atom stereocenters. The summed E-state index contributed by atoms with van der Waals surface area (Å²) in [6, 6.07) is 0. The van der Waals surface area contributed by atoms with Crippen molar-refractivity contribution >= 4 is 21.8 Å². The van der Waals surface area contributed by atoms with E-state index in [4.69, 9.17) is 0 Å². The van der Waals surface area contributed by atoms with Gasteiger partial charge in [0, 0.05) is 26.2 Å². The van der Waals surface area contributed by atoms with Gasteiger partial charge in [-0.15, -0.1) is 0 Å². The summed E-state index contributed by atoms with van der Waals surface area (Å²) in [6.45, 7) is 9.06. The Bertz CT molecular complexity index is 189. The lowest BCUT2D eigenvalue weighted by atomic mass is 10.2. The van der Waals surface area contributed by atoms with Crippen molar-refractivity contribution in [2.24, 2.45) is 0 Å². The lowest BCUT2D eigenvalue weighted by molar-refractivity contribution is -0.131. The standard InChI is InChI=1S/C10H19BrN2O/c1-3-4-12-5-7-13(8-6-12)10(14)9(2)11/h9H,3-8H2,1-2H3. The van der Waals surface area contributed by atoms with Crippen LogP contribution in [0, 0.1) is 0 Å². The Hall–Kier alpha value is -0.0900. The Balaban J connectivity index is 2.32. The van der Waals surface area contributed by atoms with Crippen LogP contribution in [0.5, 0.6) is 0 Å². The molecule has 0 radical (unpaired) electrons. The Morgan fingerprint density at radius 1 is 1.36 bits per heavy atom. The van der Waals surface area contributed by atoms with Crippen LogP contribution in [0.25, 0.3) is 0 Å². The number of nitrogens with zero attached hydrogens (tertiary/aromatic N) is 2. The molecule has 14 heavy (non-hydrogen) atoms. The van der Waals surface area contributed by atoms with Gasteiger partial charge in [-0.2, -0.15) is 0 Å². The van der Waals surface area contributed by atoms with E-state index >= 15 is 0 Å². The highest BCUT2D eigenvalue weighted by atomic mass is 79.9. The zero-order chi connectivity index (χ0) is 10.6. The lowest BCUT2D eigenvalue weighted by Crippen LogP contribution is -2.50. The highest BCUT2D eigenvalue weighted by molar-refractivity contribution is 9.10. The number of carbonyl (C=O) groups excluding carboxylic acids is 1. The molecular formula is C10H19BrN2O. The number of hydrogen-bond acceptors (Lipinski definition) is 2. The van der Waals surface area contributed by atoms with Gasteiger partial charge in [0.1, 0.15) is 0 Å². The van der Waals surface area contributed by atoms with Crippen LogP contribution < -0.4 is 0 Å². The highest BCUT2D eigenvalue weighted by Gasteiger charge is 2.22. The number of amides is 1. The summed E-state index contributed by atoms with van der Waals surface area (Å²) < 4.78 is 0. The van der Waals surface area contributed by atoms with Gasteiger partial charge in [-0.3, -0.25) is 9.69 Å². The number of alkyl halides is 1. The third-order valence-electron chi connectivity index (χ3n) is 2.56. The minimum Gasteiger partial charge on any atom is -0.339 e. The summed E-state index contributed by atoms with van der Waals surface area (Å²) in [5.74, 6) is 0.223. The van der Waals surface area contributed by atoms with E-state index in [-0.39, 0.29) is 10.7 Å². The van der Waals surface area contributed by atoms with Crippen LogP contribution in [0.4, 0.5) is 0 Å². The van der Waals surface area contributed by atoms with Crippen LogP contribution in [0.1, 0.15) is 20.3 Å². The van der Waals surface area contributed by atoms with Crippen molar-refractivity contribution in [2.45, 2.75) is 25.1 Å². The van der Waals surface area contributed by atoms with Gasteiger partial charge in [-0.1, -0.05) is 22.9 Å². The molecule has 0 aromatic rings. The number of hydrogen-bond donors (Lipinski definition) is 0. The van der Waals surface area contributed by atoms with Gasteiger partial charge < -0.3 is 4.90 Å². The van der Waals surface area contributed by atoms with E-state index in [2.05, 4.69) is 27.8 Å². The summed E-state index contributed by atoms with van der Waals surface area (Å²) in [5, 5.41) is 0.